The second kappa shape index (κ2) is 8.13. The molecule has 1 aromatic carbocycles. The summed E-state index contributed by atoms with van der Waals surface area (Å²) in [5.74, 6) is 1.06. The van der Waals surface area contributed by atoms with E-state index >= 15 is 0 Å². The van der Waals surface area contributed by atoms with Gasteiger partial charge in [-0.05, 0) is 68.7 Å². The minimum Gasteiger partial charge on any atom is -0.342 e. The molecule has 32 heavy (non-hydrogen) atoms. The van der Waals surface area contributed by atoms with E-state index in [1.807, 2.05) is 18.7 Å². The summed E-state index contributed by atoms with van der Waals surface area (Å²) in [6, 6.07) is 4.97. The molecule has 0 aliphatic carbocycles. The molecule has 176 valence electrons. The molecule has 2 amide bonds. The maximum Gasteiger partial charge on any atom is 0.243 e. The lowest BCUT2D eigenvalue weighted by molar-refractivity contribution is -0.139. The lowest BCUT2D eigenvalue weighted by Crippen LogP contribution is -2.48. The molecule has 0 spiro atoms. The van der Waals surface area contributed by atoms with Gasteiger partial charge in [0.05, 0.1) is 10.3 Å². The molecule has 3 heterocycles. The van der Waals surface area contributed by atoms with Gasteiger partial charge in [0, 0.05) is 44.8 Å². The number of likely N-dealkylation sites (N-methyl/N-ethyl adjacent to an activating group) is 1. The largest absolute Gasteiger partial charge is 0.342 e. The van der Waals surface area contributed by atoms with E-state index in [4.69, 9.17) is 0 Å². The van der Waals surface area contributed by atoms with Gasteiger partial charge < -0.3 is 9.80 Å². The monoisotopic (exact) mass is 461 g/mol. The fourth-order valence-corrected chi connectivity index (χ4v) is 7.20. The normalized spacial score (nSPS) is 27.0. The predicted molar refractivity (Wildman–Crippen MR) is 124 cm³/mol. The summed E-state index contributed by atoms with van der Waals surface area (Å²) in [4.78, 5) is 29.4. The molecular formula is C24H35N3O4S. The van der Waals surface area contributed by atoms with Crippen LogP contribution in [-0.4, -0.2) is 62.7 Å². The highest BCUT2D eigenvalue weighted by Crippen LogP contribution is 2.42. The highest BCUT2D eigenvalue weighted by Gasteiger charge is 2.43. The van der Waals surface area contributed by atoms with Crippen molar-refractivity contribution in [3.63, 3.8) is 0 Å². The highest BCUT2D eigenvalue weighted by molar-refractivity contribution is 7.89. The Morgan fingerprint density at radius 3 is 2.25 bits per heavy atom. The number of benzene rings is 1. The highest BCUT2D eigenvalue weighted by atomic mass is 32.2. The van der Waals surface area contributed by atoms with Gasteiger partial charge in [0.25, 0.3) is 0 Å². The molecular weight excluding hydrogens is 426 g/mol. The molecule has 0 bridgehead atoms. The molecule has 0 saturated carbocycles. The number of amides is 2. The number of fused-ring (bicyclic) bond motifs is 1. The van der Waals surface area contributed by atoms with Gasteiger partial charge >= 0.3 is 0 Å². The van der Waals surface area contributed by atoms with E-state index < -0.39 is 15.4 Å². The van der Waals surface area contributed by atoms with Crippen molar-refractivity contribution in [1.29, 1.82) is 0 Å². The van der Waals surface area contributed by atoms with Gasteiger partial charge in [-0.15, -0.1) is 0 Å². The first-order chi connectivity index (χ1) is 14.9. The van der Waals surface area contributed by atoms with Crippen molar-refractivity contribution >= 4 is 27.5 Å². The van der Waals surface area contributed by atoms with Gasteiger partial charge in [-0.2, -0.15) is 4.31 Å². The minimum absolute atomic E-state index is 0.0391. The number of sulfonamides is 1. The lowest BCUT2D eigenvalue weighted by atomic mass is 9.86. The Morgan fingerprint density at radius 2 is 1.66 bits per heavy atom. The average Bonchev–Trinajstić information content (AvgIpc) is 2.92. The predicted octanol–water partition coefficient (Wildman–Crippen LogP) is 2.85. The summed E-state index contributed by atoms with van der Waals surface area (Å²) in [5, 5.41) is 0. The number of hydrogen-bond acceptors (Lipinski definition) is 4. The van der Waals surface area contributed by atoms with Gasteiger partial charge in [0.1, 0.15) is 0 Å². The maximum absolute atomic E-state index is 13.4. The van der Waals surface area contributed by atoms with Crippen LogP contribution in [0.3, 0.4) is 0 Å². The standard InChI is InChI=1S/C24H35N3O4S/c1-16-12-17(2)15-26(14-16)22(28)18-8-10-27(11-9-18)32(30,31)19-6-7-21-20(13-19)24(3,4)23(29)25(21)5/h6-7,13,16-18H,8-12,14-15H2,1-5H3/t16-,17-/m0/s1. The second-order valence-electron chi connectivity index (χ2n) is 10.5. The zero-order valence-electron chi connectivity index (χ0n) is 19.8. The first kappa shape index (κ1) is 23.2. The van der Waals surface area contributed by atoms with E-state index in [0.717, 1.165) is 30.8 Å². The quantitative estimate of drug-likeness (QED) is 0.694. The molecule has 8 heteroatoms. The molecule has 4 rings (SSSR count). The molecule has 2 saturated heterocycles. The van der Waals surface area contributed by atoms with E-state index in [1.54, 1.807) is 30.1 Å². The van der Waals surface area contributed by atoms with Crippen LogP contribution in [0, 0.1) is 17.8 Å². The fourth-order valence-electron chi connectivity index (χ4n) is 5.71. The van der Waals surface area contributed by atoms with Crippen LogP contribution in [0.2, 0.25) is 0 Å². The number of carbonyl (C=O) groups is 2. The van der Waals surface area contributed by atoms with Crippen molar-refractivity contribution in [1.82, 2.24) is 9.21 Å². The third-order valence-corrected chi connectivity index (χ3v) is 9.36. The Balaban J connectivity index is 1.47. The number of piperidine rings is 2. The van der Waals surface area contributed by atoms with Gasteiger partial charge in [-0.25, -0.2) is 8.42 Å². The Morgan fingerprint density at radius 1 is 1.06 bits per heavy atom. The molecule has 3 aliphatic heterocycles. The smallest absolute Gasteiger partial charge is 0.243 e. The van der Waals surface area contributed by atoms with Crippen molar-refractivity contribution in [2.45, 2.75) is 57.3 Å². The lowest BCUT2D eigenvalue weighted by Gasteiger charge is -2.39. The molecule has 0 aromatic heterocycles. The summed E-state index contributed by atoms with van der Waals surface area (Å²) in [6.45, 7) is 10.3. The molecule has 0 N–H and O–H groups in total. The maximum atomic E-state index is 13.4. The van der Waals surface area contributed by atoms with Crippen LogP contribution in [0.15, 0.2) is 23.1 Å². The van der Waals surface area contributed by atoms with Crippen molar-refractivity contribution in [3.05, 3.63) is 23.8 Å². The van der Waals surface area contributed by atoms with Crippen molar-refractivity contribution in [2.75, 3.05) is 38.1 Å². The van der Waals surface area contributed by atoms with E-state index in [2.05, 4.69) is 13.8 Å². The van der Waals surface area contributed by atoms with Crippen LogP contribution in [0.1, 0.15) is 52.5 Å². The third kappa shape index (κ3) is 3.85. The fraction of sp³-hybridized carbons (Fsp3) is 0.667. The van der Waals surface area contributed by atoms with E-state index in [1.165, 1.54) is 4.31 Å². The van der Waals surface area contributed by atoms with Gasteiger partial charge in [-0.1, -0.05) is 13.8 Å². The molecule has 2 atom stereocenters. The summed E-state index contributed by atoms with van der Waals surface area (Å²) in [5.41, 5.74) is 0.746. The molecule has 0 unspecified atom stereocenters. The second-order valence-corrected chi connectivity index (χ2v) is 12.5. The van der Waals surface area contributed by atoms with Gasteiger partial charge in [-0.3, -0.25) is 9.59 Å². The molecule has 3 aliphatic rings. The number of likely N-dealkylation sites (tertiary alicyclic amines) is 1. The van der Waals surface area contributed by atoms with E-state index in [0.29, 0.717) is 37.8 Å². The SMILES string of the molecule is C[C@H]1C[C@H](C)CN(C(=O)C2CCN(S(=O)(=O)c3ccc4c(c3)C(C)(C)C(=O)N4C)CC2)C1. The summed E-state index contributed by atoms with van der Waals surface area (Å²) >= 11 is 0. The summed E-state index contributed by atoms with van der Waals surface area (Å²) in [7, 11) is -1.96. The number of nitrogens with zero attached hydrogens (tertiary/aromatic N) is 3. The summed E-state index contributed by atoms with van der Waals surface area (Å²) < 4.78 is 28.2. The van der Waals surface area contributed by atoms with Gasteiger partial charge in [0.2, 0.25) is 21.8 Å². The molecule has 2 fully saturated rings. The first-order valence-corrected chi connectivity index (χ1v) is 13.1. The Labute approximate surface area is 191 Å². The first-order valence-electron chi connectivity index (χ1n) is 11.6. The van der Waals surface area contributed by atoms with E-state index in [9.17, 15) is 18.0 Å². The van der Waals surface area contributed by atoms with E-state index in [-0.39, 0.29) is 22.6 Å². The molecule has 1 aromatic rings. The van der Waals surface area contributed by atoms with Crippen LogP contribution in [-0.2, 0) is 25.0 Å². The zero-order valence-corrected chi connectivity index (χ0v) is 20.6. The number of rotatable bonds is 3. The number of carbonyl (C=O) groups excluding carboxylic acids is 2. The van der Waals surface area contributed by atoms with Crippen LogP contribution in [0.5, 0.6) is 0 Å². The number of hydrogen-bond donors (Lipinski definition) is 0. The van der Waals surface area contributed by atoms with Crippen LogP contribution >= 0.6 is 0 Å². The van der Waals surface area contributed by atoms with Crippen LogP contribution < -0.4 is 4.90 Å². The zero-order chi connectivity index (χ0) is 23.4. The van der Waals surface area contributed by atoms with Crippen LogP contribution in [0.25, 0.3) is 0 Å². The minimum atomic E-state index is -3.68. The third-order valence-electron chi connectivity index (χ3n) is 7.46. The van der Waals surface area contributed by atoms with Crippen LogP contribution in [0.4, 0.5) is 5.69 Å². The molecule has 7 nitrogen and oxygen atoms in total. The van der Waals surface area contributed by atoms with Crippen molar-refractivity contribution in [3.8, 4) is 0 Å². The Kier molecular flexibility index (Phi) is 5.91. The summed E-state index contributed by atoms with van der Waals surface area (Å²) in [6.07, 6.45) is 2.25. The number of anilines is 1. The average molecular weight is 462 g/mol. The Bertz CT molecular complexity index is 1020. The topological polar surface area (TPSA) is 78.0 Å². The van der Waals surface area contributed by atoms with Crippen molar-refractivity contribution in [2.24, 2.45) is 17.8 Å². The van der Waals surface area contributed by atoms with Crippen molar-refractivity contribution < 1.29 is 18.0 Å². The molecule has 0 radical (unpaired) electrons. The van der Waals surface area contributed by atoms with Gasteiger partial charge in [0.15, 0.2) is 0 Å². The Hall–Kier alpha value is -1.93.